The minimum Gasteiger partial charge on any atom is -0.311 e. The molecule has 0 amide bonds. The molecule has 0 unspecified atom stereocenters. The standard InChI is InChI=1S/C26H16I2N2OS/c27-20-3-9-23(10-4-20)30(24-11-5-21(28)6-12-24)22-7-1-18(2-8-22)15-19(16-29)26-14-13-25(17-31)32-26/h1-15,17H/b19-15+. The third-order valence-corrected chi connectivity index (χ3v) is 7.24. The van der Waals surface area contributed by atoms with E-state index in [4.69, 9.17) is 0 Å². The summed E-state index contributed by atoms with van der Waals surface area (Å²) >= 11 is 5.94. The summed E-state index contributed by atoms with van der Waals surface area (Å²) in [6.45, 7) is 0. The Hall–Kier alpha value is -2.48. The van der Waals surface area contributed by atoms with Gasteiger partial charge in [-0.15, -0.1) is 11.3 Å². The Morgan fingerprint density at radius 2 is 1.28 bits per heavy atom. The summed E-state index contributed by atoms with van der Waals surface area (Å²) in [6, 6.07) is 30.8. The number of aldehydes is 1. The van der Waals surface area contributed by atoms with Crippen LogP contribution < -0.4 is 4.90 Å². The third kappa shape index (κ3) is 5.28. The molecule has 1 heterocycles. The first kappa shape index (κ1) is 22.7. The van der Waals surface area contributed by atoms with Crippen molar-refractivity contribution in [1.82, 2.24) is 0 Å². The van der Waals surface area contributed by atoms with E-state index in [0.717, 1.165) is 33.8 Å². The number of carbonyl (C=O) groups excluding carboxylic acids is 1. The number of benzene rings is 3. The van der Waals surface area contributed by atoms with Crippen molar-refractivity contribution in [2.45, 2.75) is 0 Å². The van der Waals surface area contributed by atoms with Gasteiger partial charge in [0, 0.05) is 29.1 Å². The Morgan fingerprint density at radius 3 is 1.72 bits per heavy atom. The fourth-order valence-electron chi connectivity index (χ4n) is 3.23. The van der Waals surface area contributed by atoms with Crippen LogP contribution in [0.2, 0.25) is 0 Å². The summed E-state index contributed by atoms with van der Waals surface area (Å²) in [7, 11) is 0. The van der Waals surface area contributed by atoms with Crippen molar-refractivity contribution in [3.63, 3.8) is 0 Å². The van der Waals surface area contributed by atoms with Gasteiger partial charge in [-0.05, 0) is 130 Å². The minimum atomic E-state index is 0.544. The van der Waals surface area contributed by atoms with Crippen molar-refractivity contribution >= 4 is 91.5 Å². The Balaban J connectivity index is 1.70. The fraction of sp³-hybridized carbons (Fsp3) is 0. The highest BCUT2D eigenvalue weighted by molar-refractivity contribution is 14.1. The highest BCUT2D eigenvalue weighted by Gasteiger charge is 2.12. The molecule has 0 spiro atoms. The first-order valence-electron chi connectivity index (χ1n) is 9.66. The van der Waals surface area contributed by atoms with Gasteiger partial charge in [0.1, 0.15) is 6.07 Å². The second-order valence-electron chi connectivity index (χ2n) is 6.87. The average molecular weight is 658 g/mol. The molecule has 0 bridgehead atoms. The van der Waals surface area contributed by atoms with Crippen molar-refractivity contribution in [3.05, 3.63) is 107 Å². The first-order valence-corrected chi connectivity index (χ1v) is 12.6. The minimum absolute atomic E-state index is 0.544. The zero-order valence-electron chi connectivity index (χ0n) is 16.7. The van der Waals surface area contributed by atoms with Gasteiger partial charge in [0.05, 0.1) is 10.5 Å². The van der Waals surface area contributed by atoms with Gasteiger partial charge in [0.2, 0.25) is 0 Å². The topological polar surface area (TPSA) is 44.1 Å². The fourth-order valence-corrected chi connectivity index (χ4v) is 4.74. The third-order valence-electron chi connectivity index (χ3n) is 4.76. The lowest BCUT2D eigenvalue weighted by molar-refractivity contribution is 0.112. The second-order valence-corrected chi connectivity index (χ2v) is 10.5. The van der Waals surface area contributed by atoms with E-state index < -0.39 is 0 Å². The van der Waals surface area contributed by atoms with Crippen LogP contribution >= 0.6 is 56.5 Å². The molecule has 3 aromatic carbocycles. The van der Waals surface area contributed by atoms with Crippen molar-refractivity contribution in [1.29, 1.82) is 5.26 Å². The smallest absolute Gasteiger partial charge is 0.160 e. The van der Waals surface area contributed by atoms with Crippen LogP contribution in [0.5, 0.6) is 0 Å². The number of hydrogen-bond acceptors (Lipinski definition) is 4. The summed E-state index contributed by atoms with van der Waals surface area (Å²) in [5.41, 5.74) is 4.65. The number of allylic oxidation sites excluding steroid dienone is 1. The van der Waals surface area contributed by atoms with Crippen LogP contribution in [0.15, 0.2) is 84.9 Å². The summed E-state index contributed by atoms with van der Waals surface area (Å²) in [6.07, 6.45) is 2.66. The number of nitriles is 1. The zero-order chi connectivity index (χ0) is 22.5. The van der Waals surface area contributed by atoms with Gasteiger partial charge in [-0.25, -0.2) is 0 Å². The number of halogens is 2. The van der Waals surface area contributed by atoms with Gasteiger partial charge < -0.3 is 4.90 Å². The van der Waals surface area contributed by atoms with Crippen LogP contribution in [0.3, 0.4) is 0 Å². The summed E-state index contributed by atoms with van der Waals surface area (Å²) in [4.78, 5) is 14.6. The van der Waals surface area contributed by atoms with E-state index >= 15 is 0 Å². The molecule has 0 saturated heterocycles. The molecule has 0 atom stereocenters. The summed E-state index contributed by atoms with van der Waals surface area (Å²) in [5, 5.41) is 9.60. The number of anilines is 3. The van der Waals surface area contributed by atoms with Gasteiger partial charge >= 0.3 is 0 Å². The molecule has 156 valence electrons. The normalized spacial score (nSPS) is 11.1. The maximum absolute atomic E-state index is 11.0. The molecular formula is C26H16I2N2OS. The van der Waals surface area contributed by atoms with E-state index in [1.807, 2.05) is 24.3 Å². The van der Waals surface area contributed by atoms with Gasteiger partial charge in [-0.3, -0.25) is 4.79 Å². The Kier molecular flexibility index (Phi) is 7.40. The van der Waals surface area contributed by atoms with E-state index in [9.17, 15) is 10.1 Å². The lowest BCUT2D eigenvalue weighted by atomic mass is 10.1. The predicted molar refractivity (Wildman–Crippen MR) is 150 cm³/mol. The zero-order valence-corrected chi connectivity index (χ0v) is 21.8. The molecule has 32 heavy (non-hydrogen) atoms. The van der Waals surface area contributed by atoms with Crippen molar-refractivity contribution in [2.24, 2.45) is 0 Å². The Morgan fingerprint density at radius 1 is 0.781 bits per heavy atom. The second kappa shape index (κ2) is 10.4. The number of rotatable bonds is 6. The van der Waals surface area contributed by atoms with Crippen molar-refractivity contribution < 1.29 is 4.79 Å². The molecule has 3 nitrogen and oxygen atoms in total. The highest BCUT2D eigenvalue weighted by atomic mass is 127. The highest BCUT2D eigenvalue weighted by Crippen LogP contribution is 2.35. The number of hydrogen-bond donors (Lipinski definition) is 0. The summed E-state index contributed by atoms with van der Waals surface area (Å²) in [5.74, 6) is 0. The molecule has 0 saturated carbocycles. The molecule has 6 heteroatoms. The lowest BCUT2D eigenvalue weighted by Gasteiger charge is -2.25. The lowest BCUT2D eigenvalue weighted by Crippen LogP contribution is -2.09. The molecule has 0 fully saturated rings. The molecule has 4 aromatic rings. The van der Waals surface area contributed by atoms with Crippen LogP contribution in [0.25, 0.3) is 11.6 Å². The summed E-state index contributed by atoms with van der Waals surface area (Å²) < 4.78 is 2.37. The molecule has 0 aliphatic heterocycles. The van der Waals surface area contributed by atoms with E-state index in [1.54, 1.807) is 6.07 Å². The molecule has 0 aliphatic rings. The van der Waals surface area contributed by atoms with Crippen LogP contribution in [0.4, 0.5) is 17.1 Å². The molecule has 0 radical (unpaired) electrons. The number of carbonyl (C=O) groups is 1. The number of thiophene rings is 1. The SMILES string of the molecule is N#C/C(=C\c1ccc(N(c2ccc(I)cc2)c2ccc(I)cc2)cc1)c1ccc(C=O)s1. The van der Waals surface area contributed by atoms with E-state index in [1.165, 1.54) is 18.5 Å². The van der Waals surface area contributed by atoms with Crippen LogP contribution in [-0.4, -0.2) is 6.29 Å². The van der Waals surface area contributed by atoms with E-state index in [0.29, 0.717) is 10.5 Å². The first-order chi connectivity index (χ1) is 15.6. The van der Waals surface area contributed by atoms with Crippen molar-refractivity contribution in [2.75, 3.05) is 4.90 Å². The molecule has 4 rings (SSSR count). The predicted octanol–water partition coefficient (Wildman–Crippen LogP) is 8.30. The van der Waals surface area contributed by atoms with Crippen molar-refractivity contribution in [3.8, 4) is 6.07 Å². The maximum atomic E-state index is 11.0. The number of nitrogens with zero attached hydrogens (tertiary/aromatic N) is 2. The molecule has 0 N–H and O–H groups in total. The van der Waals surface area contributed by atoms with Crippen LogP contribution in [0.1, 0.15) is 20.1 Å². The van der Waals surface area contributed by atoms with Gasteiger partial charge in [0.25, 0.3) is 0 Å². The Labute approximate surface area is 218 Å². The van der Waals surface area contributed by atoms with Crippen LogP contribution in [0, 0.1) is 18.5 Å². The van der Waals surface area contributed by atoms with E-state index in [-0.39, 0.29) is 0 Å². The van der Waals surface area contributed by atoms with Crippen LogP contribution in [-0.2, 0) is 0 Å². The van der Waals surface area contributed by atoms with Gasteiger partial charge in [-0.2, -0.15) is 5.26 Å². The maximum Gasteiger partial charge on any atom is 0.160 e. The molecular weight excluding hydrogens is 642 g/mol. The molecule has 0 aliphatic carbocycles. The average Bonchev–Trinajstić information content (AvgIpc) is 3.30. The van der Waals surface area contributed by atoms with E-state index in [2.05, 4.69) is 117 Å². The van der Waals surface area contributed by atoms with Gasteiger partial charge in [-0.1, -0.05) is 12.1 Å². The van der Waals surface area contributed by atoms with Gasteiger partial charge in [0.15, 0.2) is 6.29 Å². The molecule has 1 aromatic heterocycles. The quantitative estimate of drug-likeness (QED) is 0.119. The Bertz CT molecular complexity index is 1260. The largest absolute Gasteiger partial charge is 0.311 e. The monoisotopic (exact) mass is 658 g/mol.